The largest absolute Gasteiger partial charge is 0.264 e. The van der Waals surface area contributed by atoms with E-state index >= 15 is 0 Å². The lowest BCUT2D eigenvalue weighted by molar-refractivity contribution is 1.29. The summed E-state index contributed by atoms with van der Waals surface area (Å²) in [4.78, 5) is 8.75. The number of pyridine rings is 2. The van der Waals surface area contributed by atoms with Gasteiger partial charge in [0.25, 0.3) is 0 Å². The molecule has 40 heavy (non-hydrogen) atoms. The number of hydrogen-bond acceptors (Lipinski definition) is 2. The zero-order valence-electron chi connectivity index (χ0n) is 22.6. The molecule has 0 unspecified atom stereocenters. The van der Waals surface area contributed by atoms with Crippen molar-refractivity contribution < 1.29 is 0 Å². The fourth-order valence-corrected chi connectivity index (χ4v) is 5.94. The van der Waals surface area contributed by atoms with Gasteiger partial charge in [0, 0.05) is 35.9 Å². The van der Waals surface area contributed by atoms with E-state index in [1.54, 1.807) is 0 Å². The first-order valence-corrected chi connectivity index (χ1v) is 13.7. The number of nitrogens with zero attached hydrogens (tertiary/aromatic N) is 2. The summed E-state index contributed by atoms with van der Waals surface area (Å²) in [6.45, 7) is 4.28. The topological polar surface area (TPSA) is 25.8 Å². The summed E-state index contributed by atoms with van der Waals surface area (Å²) in [6, 6.07) is 39.6. The van der Waals surface area contributed by atoms with E-state index in [2.05, 4.69) is 133 Å². The number of aromatic nitrogens is 2. The van der Waals surface area contributed by atoms with Gasteiger partial charge in [-0.05, 0) is 98.1 Å². The van der Waals surface area contributed by atoms with Gasteiger partial charge in [0.15, 0.2) is 0 Å². The second-order valence-electron chi connectivity index (χ2n) is 10.4. The maximum Gasteiger partial charge on any atom is 0.0349 e. The molecular formula is C38H28N2. The molecule has 0 saturated heterocycles. The Kier molecular flexibility index (Phi) is 5.94. The van der Waals surface area contributed by atoms with Crippen LogP contribution in [0.5, 0.6) is 0 Å². The summed E-state index contributed by atoms with van der Waals surface area (Å²) < 4.78 is 0. The predicted molar refractivity (Wildman–Crippen MR) is 168 cm³/mol. The van der Waals surface area contributed by atoms with Crippen LogP contribution in [0.4, 0.5) is 0 Å². The molecule has 0 aliphatic carbocycles. The smallest absolute Gasteiger partial charge is 0.0349 e. The van der Waals surface area contributed by atoms with Crippen LogP contribution in [0, 0.1) is 13.8 Å². The molecule has 7 aromatic rings. The summed E-state index contributed by atoms with van der Waals surface area (Å²) in [5.74, 6) is 0. The van der Waals surface area contributed by atoms with Gasteiger partial charge in [-0.3, -0.25) is 9.97 Å². The van der Waals surface area contributed by atoms with E-state index < -0.39 is 0 Å². The van der Waals surface area contributed by atoms with Gasteiger partial charge < -0.3 is 0 Å². The summed E-state index contributed by atoms with van der Waals surface area (Å²) >= 11 is 0. The lowest BCUT2D eigenvalue weighted by Gasteiger charge is -2.18. The van der Waals surface area contributed by atoms with Crippen molar-refractivity contribution in [3.63, 3.8) is 0 Å². The molecule has 0 aliphatic rings. The third-order valence-electron chi connectivity index (χ3n) is 7.96. The molecule has 0 amide bonds. The second kappa shape index (κ2) is 9.91. The Hall–Kier alpha value is -5.08. The average Bonchev–Trinajstić information content (AvgIpc) is 3.00. The maximum absolute atomic E-state index is 4.40. The molecule has 0 spiro atoms. The quantitative estimate of drug-likeness (QED) is 0.219. The molecule has 190 valence electrons. The van der Waals surface area contributed by atoms with Crippen LogP contribution in [0.25, 0.3) is 66.1 Å². The zero-order chi connectivity index (χ0) is 27.1. The minimum atomic E-state index is 1.17. The third-order valence-corrected chi connectivity index (χ3v) is 7.96. The van der Waals surface area contributed by atoms with Crippen LogP contribution in [-0.4, -0.2) is 9.97 Å². The minimum absolute atomic E-state index is 1.17. The molecule has 0 atom stereocenters. The Morgan fingerprint density at radius 2 is 0.850 bits per heavy atom. The van der Waals surface area contributed by atoms with Gasteiger partial charge in [0.05, 0.1) is 0 Å². The lowest BCUT2D eigenvalue weighted by Crippen LogP contribution is -1.92. The van der Waals surface area contributed by atoms with Gasteiger partial charge in [-0.15, -0.1) is 0 Å². The first kappa shape index (κ1) is 24.0. The van der Waals surface area contributed by atoms with E-state index in [4.69, 9.17) is 0 Å². The van der Waals surface area contributed by atoms with Gasteiger partial charge in [0.1, 0.15) is 0 Å². The lowest BCUT2D eigenvalue weighted by atomic mass is 9.85. The molecule has 7 rings (SSSR count). The Bertz CT molecular complexity index is 1960. The number of fused-ring (bicyclic) bond motifs is 2. The van der Waals surface area contributed by atoms with Crippen molar-refractivity contribution in [1.29, 1.82) is 0 Å². The van der Waals surface area contributed by atoms with E-state index in [0.29, 0.717) is 0 Å². The Morgan fingerprint density at radius 3 is 1.38 bits per heavy atom. The number of hydrogen-bond donors (Lipinski definition) is 0. The van der Waals surface area contributed by atoms with E-state index in [1.165, 1.54) is 77.2 Å². The van der Waals surface area contributed by atoms with Gasteiger partial charge in [-0.2, -0.15) is 0 Å². The molecule has 2 heterocycles. The van der Waals surface area contributed by atoms with Crippen LogP contribution in [0.3, 0.4) is 0 Å². The van der Waals surface area contributed by atoms with E-state index in [1.807, 2.05) is 24.8 Å². The van der Waals surface area contributed by atoms with Gasteiger partial charge >= 0.3 is 0 Å². The van der Waals surface area contributed by atoms with Crippen LogP contribution in [0.1, 0.15) is 11.1 Å². The van der Waals surface area contributed by atoms with Crippen molar-refractivity contribution in [3.8, 4) is 44.5 Å². The van der Waals surface area contributed by atoms with Crippen LogP contribution in [0.2, 0.25) is 0 Å². The van der Waals surface area contributed by atoms with Crippen LogP contribution >= 0.6 is 0 Å². The van der Waals surface area contributed by atoms with Gasteiger partial charge in [-0.25, -0.2) is 0 Å². The fourth-order valence-electron chi connectivity index (χ4n) is 5.94. The number of rotatable bonds is 4. The molecule has 2 aromatic heterocycles. The highest BCUT2D eigenvalue weighted by Crippen LogP contribution is 2.44. The van der Waals surface area contributed by atoms with Gasteiger partial charge in [-0.1, -0.05) is 91.0 Å². The second-order valence-corrected chi connectivity index (χ2v) is 10.4. The van der Waals surface area contributed by atoms with Crippen molar-refractivity contribution in [2.75, 3.05) is 0 Å². The van der Waals surface area contributed by atoms with Crippen molar-refractivity contribution in [1.82, 2.24) is 9.97 Å². The minimum Gasteiger partial charge on any atom is -0.264 e. The first-order valence-electron chi connectivity index (χ1n) is 13.7. The summed E-state index contributed by atoms with van der Waals surface area (Å²) in [5.41, 5.74) is 12.1. The van der Waals surface area contributed by atoms with Crippen molar-refractivity contribution in [3.05, 3.63) is 145 Å². The summed E-state index contributed by atoms with van der Waals surface area (Å²) in [7, 11) is 0. The highest BCUT2D eigenvalue weighted by molar-refractivity contribution is 6.21. The molecular weight excluding hydrogens is 484 g/mol. The molecule has 5 aromatic carbocycles. The third kappa shape index (κ3) is 4.06. The van der Waals surface area contributed by atoms with Crippen LogP contribution in [-0.2, 0) is 0 Å². The highest BCUT2D eigenvalue weighted by Gasteiger charge is 2.17. The van der Waals surface area contributed by atoms with Crippen molar-refractivity contribution >= 4 is 21.5 Å². The fraction of sp³-hybridized carbons (Fsp3) is 0.0526. The molecule has 0 aliphatic heterocycles. The van der Waals surface area contributed by atoms with Crippen molar-refractivity contribution in [2.45, 2.75) is 13.8 Å². The monoisotopic (exact) mass is 512 g/mol. The Labute approximate surface area is 234 Å². The van der Waals surface area contributed by atoms with Crippen LogP contribution < -0.4 is 0 Å². The number of benzene rings is 5. The van der Waals surface area contributed by atoms with E-state index in [-0.39, 0.29) is 0 Å². The Balaban J connectivity index is 1.46. The number of aryl methyl sites for hydroxylation is 2. The highest BCUT2D eigenvalue weighted by atomic mass is 14.6. The first-order chi connectivity index (χ1) is 19.7. The normalized spacial score (nSPS) is 11.2. The Morgan fingerprint density at radius 1 is 0.400 bits per heavy atom. The predicted octanol–water partition coefficient (Wildman–Crippen LogP) is 10.1. The van der Waals surface area contributed by atoms with E-state index in [0.717, 1.165) is 0 Å². The molecule has 2 nitrogen and oxygen atoms in total. The van der Waals surface area contributed by atoms with E-state index in [9.17, 15) is 0 Å². The van der Waals surface area contributed by atoms with Crippen LogP contribution in [0.15, 0.2) is 134 Å². The maximum atomic E-state index is 4.40. The standard InChI is InChI=1S/C38H28N2/c1-25-18-20-39-23-35(25)27-14-16-28(17-15-27)37-31-10-3-5-12-33(31)38(34-13-6-4-11-32(34)37)30-9-7-8-29(22-30)36-24-40-21-19-26(36)2/h3-24H,1-2H3. The van der Waals surface area contributed by atoms with Crippen molar-refractivity contribution in [2.24, 2.45) is 0 Å². The molecule has 2 heteroatoms. The molecule has 0 bridgehead atoms. The summed E-state index contributed by atoms with van der Waals surface area (Å²) in [6.07, 6.45) is 7.61. The SMILES string of the molecule is Cc1ccncc1-c1ccc(-c2c3ccccc3c(-c3cccc(-c4cnccc4C)c3)c3ccccc23)cc1. The summed E-state index contributed by atoms with van der Waals surface area (Å²) in [5, 5.41) is 5.01. The average molecular weight is 513 g/mol. The molecule has 0 N–H and O–H groups in total. The zero-order valence-corrected chi connectivity index (χ0v) is 22.6. The van der Waals surface area contributed by atoms with Gasteiger partial charge in [0.2, 0.25) is 0 Å². The molecule has 0 radical (unpaired) electrons. The molecule has 0 saturated carbocycles. The molecule has 0 fully saturated rings.